The molecule has 5 rings (SSSR count). The van der Waals surface area contributed by atoms with Crippen LogP contribution in [-0.2, 0) is 0 Å². The molecule has 1 atom stereocenters. The Bertz CT molecular complexity index is 1400. The molecule has 0 radical (unpaired) electrons. The minimum absolute atomic E-state index is 0.00371. The number of fused-ring (bicyclic) bond motifs is 1. The van der Waals surface area contributed by atoms with Crippen molar-refractivity contribution in [3.63, 3.8) is 0 Å². The highest BCUT2D eigenvalue weighted by atomic mass is 127. The Kier molecular flexibility index (Phi) is 7.10. The lowest BCUT2D eigenvalue weighted by atomic mass is 10.1. The average Bonchev–Trinajstić information content (AvgIpc) is 3.55. The first-order chi connectivity index (χ1) is 17.4. The molecule has 1 amide bonds. The number of rotatable bonds is 7. The van der Waals surface area contributed by atoms with Gasteiger partial charge < -0.3 is 19.9 Å². The highest BCUT2D eigenvalue weighted by Crippen LogP contribution is 2.30. The van der Waals surface area contributed by atoms with Crippen molar-refractivity contribution in [2.24, 2.45) is 0 Å². The summed E-state index contributed by atoms with van der Waals surface area (Å²) in [5, 5.41) is 4.43. The molecule has 2 aromatic carbocycles. The normalized spacial score (nSPS) is 15.8. The Hall–Kier alpha value is -3.18. The third-order valence-electron chi connectivity index (χ3n) is 6.68. The summed E-state index contributed by atoms with van der Waals surface area (Å²) >= 11 is 2.37. The van der Waals surface area contributed by atoms with Gasteiger partial charge in [-0.3, -0.25) is 14.7 Å². The number of aromatic nitrogens is 3. The third-order valence-corrected chi connectivity index (χ3v) is 7.65. The number of benzene rings is 2. The zero-order chi connectivity index (χ0) is 25.2. The van der Waals surface area contributed by atoms with Crippen molar-refractivity contribution in [1.82, 2.24) is 24.8 Å². The molecule has 1 aliphatic heterocycles. The second-order valence-electron chi connectivity index (χ2n) is 9.16. The van der Waals surface area contributed by atoms with Crippen LogP contribution in [0, 0.1) is 6.92 Å². The van der Waals surface area contributed by atoms with E-state index >= 15 is 0 Å². The van der Waals surface area contributed by atoms with Crippen molar-refractivity contribution in [2.75, 3.05) is 37.1 Å². The van der Waals surface area contributed by atoms with Crippen molar-refractivity contribution < 1.29 is 9.53 Å². The van der Waals surface area contributed by atoms with Crippen LogP contribution >= 0.6 is 22.6 Å². The average molecular weight is 596 g/mol. The number of hydrogen-bond donors (Lipinski definition) is 2. The lowest BCUT2D eigenvalue weighted by molar-refractivity contribution is 0.0737. The minimum Gasteiger partial charge on any atom is -0.495 e. The first-order valence-electron chi connectivity index (χ1n) is 11.9. The molecule has 0 saturated carbocycles. The number of hydrogen-bond acceptors (Lipinski definition) is 6. The third kappa shape index (κ3) is 5.03. The molecule has 1 aliphatic rings. The maximum atomic E-state index is 13.2. The second kappa shape index (κ2) is 10.4. The van der Waals surface area contributed by atoms with Crippen LogP contribution in [0.5, 0.6) is 5.75 Å². The molecular formula is C27H29IN6O2. The van der Waals surface area contributed by atoms with Gasteiger partial charge in [0.1, 0.15) is 17.3 Å². The van der Waals surface area contributed by atoms with Gasteiger partial charge in [-0.05, 0) is 49.7 Å². The molecule has 2 aromatic heterocycles. The number of nitrogens with zero attached hydrogens (tertiary/aromatic N) is 4. The Balaban J connectivity index is 1.35. The van der Waals surface area contributed by atoms with Gasteiger partial charge in [0.15, 0.2) is 0 Å². The van der Waals surface area contributed by atoms with Gasteiger partial charge in [0, 0.05) is 42.6 Å². The topological polar surface area (TPSA) is 86.4 Å². The number of likely N-dealkylation sites (N-methyl/N-ethyl adjacent to an activating group) is 1. The van der Waals surface area contributed by atoms with Gasteiger partial charge in [0.25, 0.3) is 5.91 Å². The molecular weight excluding hydrogens is 567 g/mol. The van der Waals surface area contributed by atoms with E-state index in [2.05, 4.69) is 74.0 Å². The summed E-state index contributed by atoms with van der Waals surface area (Å²) in [6, 6.07) is 14.1. The SMILES string of the molecule is COc1cc(C(=O)N(C)C2CCN(CI)C2)ccc1Nc1cncc(-c2cc3cc(C)ccc3[nH]2)n1. The fraction of sp³-hybridized carbons (Fsp3) is 0.296. The number of aromatic amines is 1. The van der Waals surface area contributed by atoms with E-state index in [0.717, 1.165) is 46.4 Å². The number of ether oxygens (including phenoxy) is 1. The number of alkyl halides is 1. The molecule has 4 aromatic rings. The monoisotopic (exact) mass is 596 g/mol. The number of methoxy groups -OCH3 is 1. The number of carbonyl (C=O) groups excluding carboxylic acids is 1. The highest BCUT2D eigenvalue weighted by molar-refractivity contribution is 14.1. The predicted octanol–water partition coefficient (Wildman–Crippen LogP) is 5.22. The largest absolute Gasteiger partial charge is 0.495 e. The van der Waals surface area contributed by atoms with Gasteiger partial charge in [0.05, 0.1) is 35.4 Å². The maximum absolute atomic E-state index is 13.2. The molecule has 1 fully saturated rings. The standard InChI is InChI=1S/C27H29IN6O2/c1-17-4-6-21-19(10-17)11-23(30-21)24-13-29-14-26(32-24)31-22-7-5-18(12-25(22)36-3)27(35)33(2)20-8-9-34(15-20)16-28/h4-7,10-14,20,30H,8-9,15-16H2,1-3H3,(H,31,32). The highest BCUT2D eigenvalue weighted by Gasteiger charge is 2.28. The predicted molar refractivity (Wildman–Crippen MR) is 151 cm³/mol. The molecule has 36 heavy (non-hydrogen) atoms. The summed E-state index contributed by atoms with van der Waals surface area (Å²) in [7, 11) is 3.48. The Labute approximate surface area is 224 Å². The number of halogens is 1. The molecule has 1 saturated heterocycles. The summed E-state index contributed by atoms with van der Waals surface area (Å²) in [6.07, 6.45) is 4.40. The van der Waals surface area contributed by atoms with Crippen molar-refractivity contribution in [3.8, 4) is 17.1 Å². The van der Waals surface area contributed by atoms with Gasteiger partial charge in [-0.25, -0.2) is 4.98 Å². The Morgan fingerprint density at radius 3 is 2.89 bits per heavy atom. The van der Waals surface area contributed by atoms with E-state index < -0.39 is 0 Å². The quantitative estimate of drug-likeness (QED) is 0.173. The van der Waals surface area contributed by atoms with E-state index in [9.17, 15) is 4.79 Å². The summed E-state index contributed by atoms with van der Waals surface area (Å²) in [4.78, 5) is 29.9. The first-order valence-corrected chi connectivity index (χ1v) is 13.4. The van der Waals surface area contributed by atoms with Crippen LogP contribution in [0.25, 0.3) is 22.3 Å². The van der Waals surface area contributed by atoms with Crippen LogP contribution < -0.4 is 10.1 Å². The number of amides is 1. The van der Waals surface area contributed by atoms with Crippen LogP contribution in [0.4, 0.5) is 11.5 Å². The van der Waals surface area contributed by atoms with E-state index in [1.165, 1.54) is 5.56 Å². The molecule has 0 aliphatic carbocycles. The minimum atomic E-state index is -0.00371. The van der Waals surface area contributed by atoms with E-state index in [0.29, 0.717) is 22.8 Å². The zero-order valence-electron chi connectivity index (χ0n) is 20.6. The second-order valence-corrected chi connectivity index (χ2v) is 9.84. The number of carbonyl (C=O) groups is 1. The number of nitrogens with one attached hydrogen (secondary N) is 2. The van der Waals surface area contributed by atoms with Gasteiger partial charge in [0.2, 0.25) is 0 Å². The van der Waals surface area contributed by atoms with Crippen LogP contribution in [0.15, 0.2) is 54.9 Å². The van der Waals surface area contributed by atoms with Gasteiger partial charge in [-0.1, -0.05) is 34.2 Å². The lowest BCUT2D eigenvalue weighted by Crippen LogP contribution is -2.38. The lowest BCUT2D eigenvalue weighted by Gasteiger charge is -2.25. The molecule has 8 nitrogen and oxygen atoms in total. The van der Waals surface area contributed by atoms with Crippen LogP contribution in [0.1, 0.15) is 22.3 Å². The molecule has 0 bridgehead atoms. The fourth-order valence-corrected chi connectivity index (χ4v) is 5.24. The zero-order valence-corrected chi connectivity index (χ0v) is 22.7. The van der Waals surface area contributed by atoms with Crippen molar-refractivity contribution >= 4 is 50.9 Å². The van der Waals surface area contributed by atoms with E-state index in [1.807, 2.05) is 24.1 Å². The molecule has 2 N–H and O–H groups in total. The molecule has 3 heterocycles. The van der Waals surface area contributed by atoms with E-state index in [1.54, 1.807) is 25.6 Å². The summed E-state index contributed by atoms with van der Waals surface area (Å²) in [6.45, 7) is 4.01. The van der Waals surface area contributed by atoms with E-state index in [4.69, 9.17) is 9.72 Å². The number of anilines is 2. The number of likely N-dealkylation sites (tertiary alicyclic amines) is 1. The van der Waals surface area contributed by atoms with Crippen molar-refractivity contribution in [2.45, 2.75) is 19.4 Å². The van der Waals surface area contributed by atoms with Crippen molar-refractivity contribution in [1.29, 1.82) is 0 Å². The first kappa shape index (κ1) is 24.5. The van der Waals surface area contributed by atoms with Crippen LogP contribution in [0.3, 0.4) is 0 Å². The number of aryl methyl sites for hydroxylation is 1. The van der Waals surface area contributed by atoms with Gasteiger partial charge in [-0.2, -0.15) is 0 Å². The maximum Gasteiger partial charge on any atom is 0.254 e. The molecule has 0 spiro atoms. The van der Waals surface area contributed by atoms with Crippen LogP contribution in [-0.4, -0.2) is 68.5 Å². The Morgan fingerprint density at radius 1 is 1.25 bits per heavy atom. The van der Waals surface area contributed by atoms with Gasteiger partial charge in [-0.15, -0.1) is 0 Å². The summed E-state index contributed by atoms with van der Waals surface area (Å²) in [5.74, 6) is 1.15. The fourth-order valence-electron chi connectivity index (χ4n) is 4.62. The molecule has 9 heteroatoms. The van der Waals surface area contributed by atoms with Crippen molar-refractivity contribution in [3.05, 3.63) is 66.0 Å². The van der Waals surface area contributed by atoms with Gasteiger partial charge >= 0.3 is 0 Å². The smallest absolute Gasteiger partial charge is 0.254 e. The molecule has 1 unspecified atom stereocenters. The summed E-state index contributed by atoms with van der Waals surface area (Å²) < 4.78 is 6.60. The summed E-state index contributed by atoms with van der Waals surface area (Å²) in [5.41, 5.74) is 5.21. The molecule has 186 valence electrons. The van der Waals surface area contributed by atoms with Crippen LogP contribution in [0.2, 0.25) is 0 Å². The Morgan fingerprint density at radius 2 is 2.11 bits per heavy atom. The van der Waals surface area contributed by atoms with E-state index in [-0.39, 0.29) is 11.9 Å². The number of H-pyrrole nitrogens is 1.